The Balaban J connectivity index is 2.43. The van der Waals surface area contributed by atoms with Crippen LogP contribution >= 0.6 is 11.8 Å². The van der Waals surface area contributed by atoms with E-state index < -0.39 is 0 Å². The van der Waals surface area contributed by atoms with Crippen molar-refractivity contribution in [1.82, 2.24) is 15.3 Å². The molecule has 1 aromatic rings. The molecule has 1 heterocycles. The second-order valence-corrected chi connectivity index (χ2v) is 5.19. The van der Waals surface area contributed by atoms with Crippen molar-refractivity contribution in [3.63, 3.8) is 0 Å². The summed E-state index contributed by atoms with van der Waals surface area (Å²) in [6, 6.07) is 0.130. The summed E-state index contributed by atoms with van der Waals surface area (Å²) < 4.78 is 0. The Morgan fingerprint density at radius 3 is 2.83 bits per heavy atom. The largest absolute Gasteiger partial charge is 0.348 e. The van der Waals surface area contributed by atoms with Crippen molar-refractivity contribution in [3.8, 4) is 0 Å². The number of amides is 1. The molecule has 0 fully saturated rings. The van der Waals surface area contributed by atoms with E-state index in [9.17, 15) is 4.79 Å². The molecule has 0 radical (unpaired) electrons. The van der Waals surface area contributed by atoms with E-state index in [0.29, 0.717) is 11.5 Å². The second kappa shape index (κ2) is 7.88. The third-order valence-electron chi connectivity index (χ3n) is 2.31. The number of anilines is 1. The number of hydrogen-bond donors (Lipinski definition) is 3. The molecule has 1 rings (SSSR count). The number of hydrazine groups is 1. The van der Waals surface area contributed by atoms with Crippen LogP contribution in [0, 0.1) is 0 Å². The first-order chi connectivity index (χ1) is 8.67. The minimum absolute atomic E-state index is 0.130. The smallest absolute Gasteiger partial charge is 0.271 e. The summed E-state index contributed by atoms with van der Waals surface area (Å²) >= 11 is 1.86. The van der Waals surface area contributed by atoms with E-state index >= 15 is 0 Å². The van der Waals surface area contributed by atoms with Crippen molar-refractivity contribution >= 4 is 23.5 Å². The standard InChI is InChI=1S/C11H19N5OS/c1-3-18-5-4-8(2)15-11(17)9-6-14-10(16-12)7-13-9/h6-8H,3-5,12H2,1-2H3,(H,14,16)(H,15,17). The maximum absolute atomic E-state index is 11.8. The molecule has 7 heteroatoms. The molecule has 0 saturated heterocycles. The Hall–Kier alpha value is -1.34. The molecule has 0 aromatic carbocycles. The minimum atomic E-state index is -0.208. The van der Waals surface area contributed by atoms with E-state index in [0.717, 1.165) is 17.9 Å². The van der Waals surface area contributed by atoms with Gasteiger partial charge in [-0.2, -0.15) is 11.8 Å². The first-order valence-electron chi connectivity index (χ1n) is 5.84. The second-order valence-electron chi connectivity index (χ2n) is 3.79. The van der Waals surface area contributed by atoms with Crippen LogP contribution in [0.25, 0.3) is 0 Å². The van der Waals surface area contributed by atoms with Crippen LogP contribution in [-0.4, -0.2) is 33.4 Å². The summed E-state index contributed by atoms with van der Waals surface area (Å²) in [6.07, 6.45) is 3.77. The molecule has 6 nitrogen and oxygen atoms in total. The zero-order valence-electron chi connectivity index (χ0n) is 10.6. The van der Waals surface area contributed by atoms with Crippen molar-refractivity contribution in [3.05, 3.63) is 18.1 Å². The molecule has 1 amide bonds. The fraction of sp³-hybridized carbons (Fsp3) is 0.545. The number of carbonyl (C=O) groups is 1. The molecule has 0 aliphatic carbocycles. The monoisotopic (exact) mass is 269 g/mol. The fourth-order valence-corrected chi connectivity index (χ4v) is 2.10. The van der Waals surface area contributed by atoms with Crippen molar-refractivity contribution in [1.29, 1.82) is 0 Å². The molecular formula is C11H19N5OS. The van der Waals surface area contributed by atoms with Crippen molar-refractivity contribution < 1.29 is 4.79 Å². The lowest BCUT2D eigenvalue weighted by molar-refractivity contribution is 0.0934. The number of nitrogens with two attached hydrogens (primary N) is 1. The number of rotatable bonds is 7. The predicted molar refractivity (Wildman–Crippen MR) is 74.4 cm³/mol. The summed E-state index contributed by atoms with van der Waals surface area (Å²) in [4.78, 5) is 19.7. The molecule has 0 saturated carbocycles. The van der Waals surface area contributed by atoms with Crippen molar-refractivity contribution in [2.24, 2.45) is 5.84 Å². The first-order valence-corrected chi connectivity index (χ1v) is 7.00. The summed E-state index contributed by atoms with van der Waals surface area (Å²) in [5.74, 6) is 7.53. The van der Waals surface area contributed by atoms with E-state index in [1.165, 1.54) is 12.4 Å². The van der Waals surface area contributed by atoms with Crippen LogP contribution in [0.4, 0.5) is 5.82 Å². The molecule has 0 bridgehead atoms. The fourth-order valence-electron chi connectivity index (χ4n) is 1.29. The molecule has 1 atom stereocenters. The zero-order valence-corrected chi connectivity index (χ0v) is 11.5. The van der Waals surface area contributed by atoms with Crippen LogP contribution in [0.1, 0.15) is 30.8 Å². The van der Waals surface area contributed by atoms with Crippen LogP contribution in [0.2, 0.25) is 0 Å². The normalized spacial score (nSPS) is 11.9. The number of nitrogens with zero attached hydrogens (tertiary/aromatic N) is 2. The van der Waals surface area contributed by atoms with Gasteiger partial charge in [0.2, 0.25) is 0 Å². The van der Waals surface area contributed by atoms with Gasteiger partial charge in [-0.05, 0) is 24.9 Å². The van der Waals surface area contributed by atoms with Crippen molar-refractivity contribution in [2.75, 3.05) is 16.9 Å². The molecule has 1 aromatic heterocycles. The Bertz CT molecular complexity index is 370. The van der Waals surface area contributed by atoms with E-state index in [1.807, 2.05) is 18.7 Å². The molecule has 0 aliphatic heterocycles. The Labute approximate surface area is 111 Å². The van der Waals surface area contributed by atoms with Crippen molar-refractivity contribution in [2.45, 2.75) is 26.3 Å². The number of carbonyl (C=O) groups excluding carboxylic acids is 1. The van der Waals surface area contributed by atoms with Gasteiger partial charge in [-0.15, -0.1) is 0 Å². The first kappa shape index (κ1) is 14.7. The zero-order chi connectivity index (χ0) is 13.4. The highest BCUT2D eigenvalue weighted by Crippen LogP contribution is 2.05. The number of nitrogen functional groups attached to an aromatic ring is 1. The van der Waals surface area contributed by atoms with E-state index in [4.69, 9.17) is 5.84 Å². The number of hydrogen-bond acceptors (Lipinski definition) is 6. The predicted octanol–water partition coefficient (Wildman–Crippen LogP) is 1.02. The van der Waals surface area contributed by atoms with Gasteiger partial charge < -0.3 is 10.7 Å². The lowest BCUT2D eigenvalue weighted by atomic mass is 10.2. The van der Waals surface area contributed by atoms with Crippen LogP contribution in [0.5, 0.6) is 0 Å². The molecule has 1 unspecified atom stereocenters. The summed E-state index contributed by atoms with van der Waals surface area (Å²) in [6.45, 7) is 4.11. The van der Waals surface area contributed by atoms with E-state index in [-0.39, 0.29) is 11.9 Å². The van der Waals surface area contributed by atoms with Gasteiger partial charge in [0.05, 0.1) is 12.4 Å². The van der Waals surface area contributed by atoms with Gasteiger partial charge in [0.1, 0.15) is 5.69 Å². The van der Waals surface area contributed by atoms with E-state index in [1.54, 1.807) is 0 Å². The minimum Gasteiger partial charge on any atom is -0.348 e. The highest BCUT2D eigenvalue weighted by Gasteiger charge is 2.11. The average molecular weight is 269 g/mol. The maximum Gasteiger partial charge on any atom is 0.271 e. The lowest BCUT2D eigenvalue weighted by Crippen LogP contribution is -2.33. The van der Waals surface area contributed by atoms with Gasteiger partial charge in [-0.1, -0.05) is 6.92 Å². The van der Waals surface area contributed by atoms with Crippen LogP contribution in [0.15, 0.2) is 12.4 Å². The number of thioether (sulfide) groups is 1. The van der Waals surface area contributed by atoms with Crippen LogP contribution in [-0.2, 0) is 0 Å². The van der Waals surface area contributed by atoms with Gasteiger partial charge in [-0.25, -0.2) is 15.8 Å². The van der Waals surface area contributed by atoms with Gasteiger partial charge >= 0.3 is 0 Å². The molecular weight excluding hydrogens is 250 g/mol. The molecule has 100 valence electrons. The SMILES string of the molecule is CCSCCC(C)NC(=O)c1cnc(NN)cn1. The Morgan fingerprint density at radius 1 is 1.50 bits per heavy atom. The summed E-state index contributed by atoms with van der Waals surface area (Å²) in [5.41, 5.74) is 2.66. The molecule has 0 aliphatic rings. The highest BCUT2D eigenvalue weighted by atomic mass is 32.2. The van der Waals surface area contributed by atoms with Gasteiger partial charge in [-0.3, -0.25) is 4.79 Å². The molecule has 18 heavy (non-hydrogen) atoms. The quantitative estimate of drug-likeness (QED) is 0.389. The average Bonchev–Trinajstić information content (AvgIpc) is 2.39. The van der Waals surface area contributed by atoms with Crippen LogP contribution in [0.3, 0.4) is 0 Å². The lowest BCUT2D eigenvalue weighted by Gasteiger charge is -2.12. The maximum atomic E-state index is 11.8. The van der Waals surface area contributed by atoms with Gasteiger partial charge in [0.15, 0.2) is 5.82 Å². The Morgan fingerprint density at radius 2 is 2.28 bits per heavy atom. The Kier molecular flexibility index (Phi) is 6.45. The van der Waals surface area contributed by atoms with Gasteiger partial charge in [0.25, 0.3) is 5.91 Å². The summed E-state index contributed by atoms with van der Waals surface area (Å²) in [7, 11) is 0. The number of aromatic nitrogens is 2. The van der Waals surface area contributed by atoms with Gasteiger partial charge in [0, 0.05) is 6.04 Å². The topological polar surface area (TPSA) is 92.9 Å². The molecule has 4 N–H and O–H groups in total. The van der Waals surface area contributed by atoms with E-state index in [2.05, 4.69) is 27.6 Å². The van der Waals surface area contributed by atoms with Crippen LogP contribution < -0.4 is 16.6 Å². The highest BCUT2D eigenvalue weighted by molar-refractivity contribution is 7.99. The third kappa shape index (κ3) is 4.89. The third-order valence-corrected chi connectivity index (χ3v) is 3.24. The number of nitrogens with one attached hydrogen (secondary N) is 2. The summed E-state index contributed by atoms with van der Waals surface area (Å²) in [5, 5.41) is 2.89. The molecule has 0 spiro atoms.